The smallest absolute Gasteiger partial charge is 0.262 e. The first-order chi connectivity index (χ1) is 11.8. The van der Waals surface area contributed by atoms with Gasteiger partial charge in [0.25, 0.3) is 5.91 Å². The molecule has 0 unspecified atom stereocenters. The highest BCUT2D eigenvalue weighted by Crippen LogP contribution is 2.57. The van der Waals surface area contributed by atoms with Crippen LogP contribution in [0.15, 0.2) is 35.7 Å². The molecule has 0 spiro atoms. The van der Waals surface area contributed by atoms with Crippen LogP contribution >= 0.6 is 0 Å². The lowest BCUT2D eigenvalue weighted by molar-refractivity contribution is -0.130. The number of aliphatic hydroxyl groups is 1. The third-order valence-corrected chi connectivity index (χ3v) is 6.51. The zero-order valence-electron chi connectivity index (χ0n) is 14.5. The predicted octanol–water partition coefficient (Wildman–Crippen LogP) is 2.83. The van der Waals surface area contributed by atoms with Crippen LogP contribution in [-0.4, -0.2) is 38.3 Å². The molecule has 1 aromatic carbocycles. The summed E-state index contributed by atoms with van der Waals surface area (Å²) < 4.78 is 0. The minimum Gasteiger partial charge on any atom is -0.512 e. The second-order valence-electron chi connectivity index (χ2n) is 8.02. The lowest BCUT2D eigenvalue weighted by Gasteiger charge is -2.37. The van der Waals surface area contributed by atoms with E-state index in [1.807, 2.05) is 32.2 Å². The van der Waals surface area contributed by atoms with Gasteiger partial charge in [-0.1, -0.05) is 12.1 Å². The van der Waals surface area contributed by atoms with Gasteiger partial charge in [0.05, 0.1) is 0 Å². The van der Waals surface area contributed by atoms with Crippen molar-refractivity contribution in [3.05, 3.63) is 46.9 Å². The number of benzene rings is 1. The third-order valence-electron chi connectivity index (χ3n) is 6.51. The van der Waals surface area contributed by atoms with Crippen LogP contribution in [0.25, 0.3) is 10.9 Å². The summed E-state index contributed by atoms with van der Waals surface area (Å²) in [7, 11) is 0. The lowest BCUT2D eigenvalue weighted by atomic mass is 9.69. The molecule has 3 aliphatic rings. The largest absolute Gasteiger partial charge is 0.512 e. The van der Waals surface area contributed by atoms with E-state index in [2.05, 4.69) is 11.1 Å². The lowest BCUT2D eigenvalue weighted by Crippen LogP contribution is -2.46. The van der Waals surface area contributed by atoms with E-state index in [4.69, 9.17) is 0 Å². The van der Waals surface area contributed by atoms with Crippen LogP contribution in [0, 0.1) is 5.92 Å². The van der Waals surface area contributed by atoms with Gasteiger partial charge < -0.3 is 15.0 Å². The molecule has 5 rings (SSSR count). The van der Waals surface area contributed by atoms with E-state index >= 15 is 0 Å². The van der Waals surface area contributed by atoms with E-state index in [9.17, 15) is 14.7 Å². The van der Waals surface area contributed by atoms with Crippen molar-refractivity contribution in [3.63, 3.8) is 0 Å². The van der Waals surface area contributed by atoms with E-state index in [0.717, 1.165) is 17.5 Å². The summed E-state index contributed by atoms with van der Waals surface area (Å²) in [6.07, 6.45) is 2.85. The van der Waals surface area contributed by atoms with Crippen molar-refractivity contribution in [2.45, 2.75) is 44.7 Å². The number of amides is 1. The highest BCUT2D eigenvalue weighted by Gasteiger charge is 2.64. The van der Waals surface area contributed by atoms with E-state index in [1.165, 1.54) is 17.9 Å². The number of allylic oxidation sites excluding steroid dienone is 1. The number of carbonyl (C=O) groups is 2. The molecule has 1 aromatic heterocycles. The minimum absolute atomic E-state index is 0.0352. The molecule has 2 aromatic rings. The SMILES string of the molecule is C/C(O)=C1/C(=O)[C@@H]2[C@H]3c4c[nH]c5cccc(c45)C[C@H]3C(C)(C)N2C1=O. The molecule has 3 atom stereocenters. The molecule has 1 amide bonds. The van der Waals surface area contributed by atoms with Gasteiger partial charge in [0, 0.05) is 28.6 Å². The van der Waals surface area contributed by atoms with Crippen LogP contribution in [-0.2, 0) is 16.0 Å². The van der Waals surface area contributed by atoms with Crippen molar-refractivity contribution in [2.24, 2.45) is 5.92 Å². The Kier molecular flexibility index (Phi) is 2.56. The highest BCUT2D eigenvalue weighted by atomic mass is 16.3. The van der Waals surface area contributed by atoms with Gasteiger partial charge in [-0.3, -0.25) is 9.59 Å². The normalized spacial score (nSPS) is 31.5. The van der Waals surface area contributed by atoms with Crippen LogP contribution < -0.4 is 0 Å². The Morgan fingerprint density at radius 1 is 1.32 bits per heavy atom. The number of fused-ring (bicyclic) bond motifs is 4. The second kappa shape index (κ2) is 4.34. The van der Waals surface area contributed by atoms with Crippen molar-refractivity contribution in [3.8, 4) is 0 Å². The quantitative estimate of drug-likeness (QED) is 0.441. The molecule has 2 N–H and O–H groups in total. The molecule has 0 saturated carbocycles. The number of aliphatic hydroxyl groups excluding tert-OH is 1. The molecule has 1 aliphatic carbocycles. The standard InChI is InChI=1S/C20H20N2O3/c1-9(23)14-18(24)17-16-11-8-21-13-6-4-5-10(15(11)13)7-12(16)20(2,3)22(17)19(14)25/h4-6,8,12,16-17,21,23H,7H2,1-3H3/b14-9+/t12-,16+,17+/m1/s1. The van der Waals surface area contributed by atoms with Crippen molar-refractivity contribution >= 4 is 22.6 Å². The third kappa shape index (κ3) is 1.54. The zero-order valence-corrected chi connectivity index (χ0v) is 14.5. The molecule has 2 fully saturated rings. The summed E-state index contributed by atoms with van der Waals surface area (Å²) in [5.41, 5.74) is 2.99. The number of H-pyrrole nitrogens is 1. The second-order valence-corrected chi connectivity index (χ2v) is 8.02. The number of nitrogens with one attached hydrogen (secondary N) is 1. The first-order valence-electron chi connectivity index (χ1n) is 8.70. The molecule has 128 valence electrons. The number of hydrogen-bond acceptors (Lipinski definition) is 3. The maximum Gasteiger partial charge on any atom is 0.262 e. The fourth-order valence-corrected chi connectivity index (χ4v) is 5.45. The molecular weight excluding hydrogens is 316 g/mol. The molecule has 2 aliphatic heterocycles. The molecule has 0 bridgehead atoms. The van der Waals surface area contributed by atoms with E-state index in [0.29, 0.717) is 0 Å². The van der Waals surface area contributed by atoms with Crippen LogP contribution in [0.5, 0.6) is 0 Å². The van der Waals surface area contributed by atoms with Crippen LogP contribution in [0.3, 0.4) is 0 Å². The number of nitrogens with zero attached hydrogens (tertiary/aromatic N) is 1. The minimum atomic E-state index is -0.517. The van der Waals surface area contributed by atoms with E-state index in [-0.39, 0.29) is 34.9 Å². The Labute approximate surface area is 145 Å². The number of aromatic amines is 1. The van der Waals surface area contributed by atoms with E-state index in [1.54, 1.807) is 4.90 Å². The zero-order chi connectivity index (χ0) is 17.7. The van der Waals surface area contributed by atoms with Gasteiger partial charge >= 0.3 is 0 Å². The van der Waals surface area contributed by atoms with Crippen molar-refractivity contribution in [2.75, 3.05) is 0 Å². The first kappa shape index (κ1) is 14.8. The van der Waals surface area contributed by atoms with Gasteiger partial charge in [0.2, 0.25) is 0 Å². The van der Waals surface area contributed by atoms with Gasteiger partial charge in [0.15, 0.2) is 5.78 Å². The Bertz CT molecular complexity index is 994. The highest BCUT2D eigenvalue weighted by molar-refractivity contribution is 6.27. The monoisotopic (exact) mass is 336 g/mol. The van der Waals surface area contributed by atoms with Gasteiger partial charge in [-0.25, -0.2) is 0 Å². The topological polar surface area (TPSA) is 73.4 Å². The van der Waals surface area contributed by atoms with Gasteiger partial charge in [-0.05, 0) is 50.3 Å². The molecule has 5 heteroatoms. The molecule has 2 saturated heterocycles. The van der Waals surface area contributed by atoms with Gasteiger partial charge in [0.1, 0.15) is 17.4 Å². The summed E-state index contributed by atoms with van der Waals surface area (Å²) >= 11 is 0. The number of rotatable bonds is 0. The number of ketones is 1. The fourth-order valence-electron chi connectivity index (χ4n) is 5.45. The summed E-state index contributed by atoms with van der Waals surface area (Å²) in [5, 5.41) is 11.1. The average Bonchev–Trinajstić information content (AvgIpc) is 3.14. The summed E-state index contributed by atoms with van der Waals surface area (Å²) in [6.45, 7) is 5.51. The van der Waals surface area contributed by atoms with Crippen LogP contribution in [0.2, 0.25) is 0 Å². The van der Waals surface area contributed by atoms with Crippen molar-refractivity contribution < 1.29 is 14.7 Å². The Morgan fingerprint density at radius 2 is 2.08 bits per heavy atom. The fraction of sp³-hybridized carbons (Fsp3) is 0.400. The van der Waals surface area contributed by atoms with Gasteiger partial charge in [-0.2, -0.15) is 0 Å². The predicted molar refractivity (Wildman–Crippen MR) is 93.3 cm³/mol. The average molecular weight is 336 g/mol. The maximum atomic E-state index is 13.0. The number of Topliss-reactive ketones (excluding diaryl/α,β-unsaturated/α-hetero) is 1. The van der Waals surface area contributed by atoms with E-state index < -0.39 is 11.6 Å². The summed E-state index contributed by atoms with van der Waals surface area (Å²) in [5.74, 6) is -0.594. The molecular formula is C20H20N2O3. The summed E-state index contributed by atoms with van der Waals surface area (Å²) in [4.78, 5) is 31.0. The summed E-state index contributed by atoms with van der Waals surface area (Å²) in [6, 6.07) is 5.72. The number of hydrogen-bond donors (Lipinski definition) is 2. The van der Waals surface area contributed by atoms with Crippen molar-refractivity contribution in [1.82, 2.24) is 9.88 Å². The molecule has 3 heterocycles. The number of aromatic nitrogens is 1. The Balaban J connectivity index is 1.78. The van der Waals surface area contributed by atoms with Crippen LogP contribution in [0.1, 0.15) is 37.8 Å². The van der Waals surface area contributed by atoms with Crippen molar-refractivity contribution in [1.29, 1.82) is 0 Å². The number of carbonyl (C=O) groups excluding carboxylic acids is 2. The Morgan fingerprint density at radius 3 is 2.80 bits per heavy atom. The maximum absolute atomic E-state index is 13.0. The van der Waals surface area contributed by atoms with Gasteiger partial charge in [-0.15, -0.1) is 0 Å². The first-order valence-corrected chi connectivity index (χ1v) is 8.70. The molecule has 0 radical (unpaired) electrons. The van der Waals surface area contributed by atoms with Crippen LogP contribution in [0.4, 0.5) is 0 Å². The molecule has 5 nitrogen and oxygen atoms in total. The molecule has 25 heavy (non-hydrogen) atoms. The Hall–Kier alpha value is -2.56.